The molecule has 1 heterocycles. The number of nitrogens with zero attached hydrogens (tertiary/aromatic N) is 2. The van der Waals surface area contributed by atoms with Crippen molar-refractivity contribution in [2.45, 2.75) is 51.6 Å². The van der Waals surface area contributed by atoms with E-state index in [1.165, 1.54) is 46.1 Å². The summed E-state index contributed by atoms with van der Waals surface area (Å²) >= 11 is 6.03. The van der Waals surface area contributed by atoms with E-state index in [4.69, 9.17) is 21.1 Å². The van der Waals surface area contributed by atoms with Crippen molar-refractivity contribution >= 4 is 17.6 Å². The first-order chi connectivity index (χ1) is 15.6. The van der Waals surface area contributed by atoms with Gasteiger partial charge in [-0.15, -0.1) is 0 Å². The van der Waals surface area contributed by atoms with Crippen LogP contribution in [0.1, 0.15) is 39.3 Å². The highest BCUT2D eigenvalue weighted by atomic mass is 35.5. The lowest BCUT2D eigenvalue weighted by Crippen LogP contribution is -2.46. The summed E-state index contributed by atoms with van der Waals surface area (Å²) in [5.41, 5.74) is -1.50. The van der Waals surface area contributed by atoms with Gasteiger partial charge in [0.15, 0.2) is 6.04 Å². The zero-order chi connectivity index (χ0) is 26.0. The van der Waals surface area contributed by atoms with E-state index in [1.54, 1.807) is 0 Å². The summed E-state index contributed by atoms with van der Waals surface area (Å²) in [6.45, 7) is 5.19. The molecule has 0 saturated heterocycles. The van der Waals surface area contributed by atoms with E-state index >= 15 is 0 Å². The molecule has 1 aromatic carbocycles. The molecule has 3 atom stereocenters. The van der Waals surface area contributed by atoms with Crippen LogP contribution in [0, 0.1) is 17.2 Å². The summed E-state index contributed by atoms with van der Waals surface area (Å²) in [5.74, 6) is -3.63. The predicted molar refractivity (Wildman–Crippen MR) is 119 cm³/mol. The van der Waals surface area contributed by atoms with Gasteiger partial charge in [0, 0.05) is 22.2 Å². The number of hydrogen-bond donors (Lipinski definition) is 1. The number of hydrogen-bond acceptors (Lipinski definition) is 6. The van der Waals surface area contributed by atoms with Crippen LogP contribution in [0.4, 0.5) is 13.2 Å². The number of nitriles is 1. The first-order valence-corrected chi connectivity index (χ1v) is 10.5. The summed E-state index contributed by atoms with van der Waals surface area (Å²) in [7, 11) is 1.24. The Morgan fingerprint density at radius 2 is 1.82 bits per heavy atom. The molecule has 0 saturated carbocycles. The number of pyridine rings is 1. The van der Waals surface area contributed by atoms with Crippen molar-refractivity contribution in [1.82, 2.24) is 4.57 Å². The number of carbonyl (C=O) groups excluding carboxylic acids is 1. The SMILES string of the molecule is COc1cn(C(C(=O)OC(C)(C)C)C(O)C(C)C(F)(F)F)c(=O)cc1-c1cc(Cl)ccc1C#N. The summed E-state index contributed by atoms with van der Waals surface area (Å²) in [6, 6.07) is 5.26. The minimum Gasteiger partial charge on any atom is -0.495 e. The Bertz CT molecular complexity index is 1170. The number of aliphatic hydroxyl groups excluding tert-OH is 1. The van der Waals surface area contributed by atoms with Crippen LogP contribution in [0.2, 0.25) is 5.02 Å². The molecule has 2 aromatic rings. The van der Waals surface area contributed by atoms with E-state index in [0.29, 0.717) is 11.5 Å². The van der Waals surface area contributed by atoms with Crippen LogP contribution in [0.3, 0.4) is 0 Å². The number of aromatic nitrogens is 1. The average molecular weight is 501 g/mol. The van der Waals surface area contributed by atoms with Gasteiger partial charge < -0.3 is 14.6 Å². The second kappa shape index (κ2) is 10.1. The number of alkyl halides is 3. The maximum Gasteiger partial charge on any atom is 0.394 e. The van der Waals surface area contributed by atoms with E-state index < -0.39 is 41.4 Å². The second-order valence-corrected chi connectivity index (χ2v) is 9.04. The summed E-state index contributed by atoms with van der Waals surface area (Å²) < 4.78 is 51.2. The Balaban J connectivity index is 2.75. The van der Waals surface area contributed by atoms with Crippen LogP contribution in [-0.4, -0.2) is 40.6 Å². The third kappa shape index (κ3) is 6.10. The minimum absolute atomic E-state index is 0.0428. The number of aliphatic hydroxyl groups is 1. The van der Waals surface area contributed by atoms with Gasteiger partial charge >= 0.3 is 12.1 Å². The standard InChI is InChI=1S/C23H24ClF3N2O5/c1-12(23(25,26)27)20(31)19(21(32)34-22(2,3)4)29-11-17(33-5)16(9-18(29)30)15-8-14(24)7-6-13(15)10-28/h6-9,11-12,19-20,31H,1-5H3. The lowest BCUT2D eigenvalue weighted by molar-refractivity contribution is -0.204. The van der Waals surface area contributed by atoms with Gasteiger partial charge in [-0.2, -0.15) is 18.4 Å². The van der Waals surface area contributed by atoms with Gasteiger partial charge in [0.2, 0.25) is 0 Å². The van der Waals surface area contributed by atoms with Crippen molar-refractivity contribution < 1.29 is 32.5 Å². The van der Waals surface area contributed by atoms with Gasteiger partial charge in [-0.25, -0.2) is 4.79 Å². The summed E-state index contributed by atoms with van der Waals surface area (Å²) in [5, 5.41) is 20.2. The van der Waals surface area contributed by atoms with Gasteiger partial charge in [-0.05, 0) is 39.0 Å². The Hall–Kier alpha value is -3.03. The van der Waals surface area contributed by atoms with E-state index in [0.717, 1.165) is 12.3 Å². The lowest BCUT2D eigenvalue weighted by atomic mass is 9.95. The molecule has 184 valence electrons. The van der Waals surface area contributed by atoms with Crippen molar-refractivity contribution in [1.29, 1.82) is 5.26 Å². The van der Waals surface area contributed by atoms with E-state index in [1.807, 2.05) is 6.07 Å². The lowest BCUT2D eigenvalue weighted by Gasteiger charge is -2.31. The average Bonchev–Trinajstić information content (AvgIpc) is 2.72. The van der Waals surface area contributed by atoms with Crippen molar-refractivity contribution in [2.75, 3.05) is 7.11 Å². The molecule has 3 unspecified atom stereocenters. The number of methoxy groups -OCH3 is 1. The van der Waals surface area contributed by atoms with Gasteiger partial charge in [0.05, 0.1) is 37.0 Å². The molecule has 7 nitrogen and oxygen atoms in total. The van der Waals surface area contributed by atoms with Crippen LogP contribution in [0.25, 0.3) is 11.1 Å². The Labute approximate surface area is 199 Å². The maximum atomic E-state index is 13.4. The largest absolute Gasteiger partial charge is 0.495 e. The van der Waals surface area contributed by atoms with Crippen molar-refractivity contribution in [3.63, 3.8) is 0 Å². The van der Waals surface area contributed by atoms with Crippen LogP contribution in [0.15, 0.2) is 35.3 Å². The molecular weight excluding hydrogens is 477 g/mol. The number of benzene rings is 1. The molecule has 11 heteroatoms. The fourth-order valence-corrected chi connectivity index (χ4v) is 3.37. The molecule has 0 aliphatic rings. The highest BCUT2D eigenvalue weighted by molar-refractivity contribution is 6.31. The molecule has 1 N–H and O–H groups in total. The molecule has 0 aliphatic heterocycles. The minimum atomic E-state index is -4.85. The molecule has 0 fully saturated rings. The quantitative estimate of drug-likeness (QED) is 0.586. The number of rotatable bonds is 6. The van der Waals surface area contributed by atoms with Crippen LogP contribution in [-0.2, 0) is 9.53 Å². The molecule has 1 aromatic heterocycles. The first-order valence-electron chi connectivity index (χ1n) is 10.1. The van der Waals surface area contributed by atoms with E-state index in [9.17, 15) is 33.1 Å². The molecule has 0 bridgehead atoms. The number of ether oxygens (including phenoxy) is 2. The van der Waals surface area contributed by atoms with Crippen LogP contribution in [0.5, 0.6) is 5.75 Å². The fourth-order valence-electron chi connectivity index (χ4n) is 3.20. The van der Waals surface area contributed by atoms with E-state index in [-0.39, 0.29) is 27.5 Å². The zero-order valence-electron chi connectivity index (χ0n) is 19.1. The maximum absolute atomic E-state index is 13.4. The highest BCUT2D eigenvalue weighted by Crippen LogP contribution is 2.36. The normalized spacial score (nSPS) is 14.6. The topological polar surface area (TPSA) is 102 Å². The second-order valence-electron chi connectivity index (χ2n) is 8.60. The summed E-state index contributed by atoms with van der Waals surface area (Å²) in [4.78, 5) is 25.9. The molecule has 0 radical (unpaired) electrons. The van der Waals surface area contributed by atoms with Crippen molar-refractivity contribution in [3.8, 4) is 22.9 Å². The van der Waals surface area contributed by atoms with Gasteiger partial charge in [0.1, 0.15) is 11.4 Å². The molecule has 0 amide bonds. The van der Waals surface area contributed by atoms with Gasteiger partial charge in [-0.3, -0.25) is 9.36 Å². The van der Waals surface area contributed by atoms with E-state index in [2.05, 4.69) is 0 Å². The third-order valence-electron chi connectivity index (χ3n) is 4.96. The molecule has 2 rings (SSSR count). The number of esters is 1. The van der Waals surface area contributed by atoms with Gasteiger partial charge in [0.25, 0.3) is 5.56 Å². The third-order valence-corrected chi connectivity index (χ3v) is 5.19. The smallest absolute Gasteiger partial charge is 0.394 e. The Kier molecular flexibility index (Phi) is 8.06. The number of halogens is 4. The highest BCUT2D eigenvalue weighted by Gasteiger charge is 2.47. The predicted octanol–water partition coefficient (Wildman–Crippen LogP) is 4.49. The molecule has 0 spiro atoms. The molecule has 0 aliphatic carbocycles. The van der Waals surface area contributed by atoms with Crippen LogP contribution < -0.4 is 10.3 Å². The van der Waals surface area contributed by atoms with Crippen molar-refractivity contribution in [3.05, 3.63) is 51.4 Å². The monoisotopic (exact) mass is 500 g/mol. The van der Waals surface area contributed by atoms with Crippen molar-refractivity contribution in [2.24, 2.45) is 5.92 Å². The van der Waals surface area contributed by atoms with Crippen LogP contribution >= 0.6 is 11.6 Å². The first kappa shape index (κ1) is 27.2. The molecular formula is C23H24ClF3N2O5. The zero-order valence-corrected chi connectivity index (χ0v) is 19.9. The Morgan fingerprint density at radius 1 is 1.21 bits per heavy atom. The summed E-state index contributed by atoms with van der Waals surface area (Å²) in [6.07, 6.45) is -6.19. The molecule has 34 heavy (non-hydrogen) atoms. The van der Waals surface area contributed by atoms with Gasteiger partial charge in [-0.1, -0.05) is 18.5 Å². The fraction of sp³-hybridized carbons (Fsp3) is 0.435. The number of carbonyl (C=O) groups is 1. The Morgan fingerprint density at radius 3 is 2.32 bits per heavy atom.